The molecular formula is C20H21N3O. The van der Waals surface area contributed by atoms with E-state index >= 15 is 0 Å². The fraction of sp³-hybridized carbons (Fsp3) is 0.200. The van der Waals surface area contributed by atoms with Crippen molar-refractivity contribution in [1.29, 1.82) is 0 Å². The van der Waals surface area contributed by atoms with Crippen LogP contribution in [0, 0.1) is 0 Å². The SMILES string of the molecule is C=C(C)CCc1ccc(-n2cnc3cc(C(=O)NC)ccc32)cc1. The molecule has 24 heavy (non-hydrogen) atoms. The zero-order chi connectivity index (χ0) is 17.1. The lowest BCUT2D eigenvalue weighted by molar-refractivity contribution is 0.0963. The molecule has 1 heterocycles. The van der Waals surface area contributed by atoms with E-state index < -0.39 is 0 Å². The van der Waals surface area contributed by atoms with E-state index in [9.17, 15) is 4.79 Å². The molecule has 0 aliphatic heterocycles. The lowest BCUT2D eigenvalue weighted by atomic mass is 10.1. The van der Waals surface area contributed by atoms with Crippen LogP contribution in [-0.2, 0) is 6.42 Å². The van der Waals surface area contributed by atoms with Gasteiger partial charge < -0.3 is 5.32 Å². The molecule has 0 unspecified atom stereocenters. The molecule has 0 saturated heterocycles. The molecule has 0 spiro atoms. The molecule has 0 atom stereocenters. The van der Waals surface area contributed by atoms with Crippen LogP contribution in [0.2, 0.25) is 0 Å². The van der Waals surface area contributed by atoms with Crippen molar-refractivity contribution in [2.45, 2.75) is 19.8 Å². The summed E-state index contributed by atoms with van der Waals surface area (Å²) in [6.07, 6.45) is 3.81. The summed E-state index contributed by atoms with van der Waals surface area (Å²) in [4.78, 5) is 16.2. The van der Waals surface area contributed by atoms with Gasteiger partial charge in [0.15, 0.2) is 0 Å². The number of carbonyl (C=O) groups is 1. The number of carbonyl (C=O) groups excluding carboxylic acids is 1. The van der Waals surface area contributed by atoms with Crippen molar-refractivity contribution in [3.63, 3.8) is 0 Å². The molecular weight excluding hydrogens is 298 g/mol. The minimum Gasteiger partial charge on any atom is -0.355 e. The van der Waals surface area contributed by atoms with Gasteiger partial charge in [-0.1, -0.05) is 17.7 Å². The fourth-order valence-electron chi connectivity index (χ4n) is 2.68. The Morgan fingerprint density at radius 1 is 1.21 bits per heavy atom. The Balaban J connectivity index is 1.89. The summed E-state index contributed by atoms with van der Waals surface area (Å²) in [5.41, 5.74) is 5.97. The smallest absolute Gasteiger partial charge is 0.251 e. The summed E-state index contributed by atoms with van der Waals surface area (Å²) in [6.45, 7) is 6.00. The number of allylic oxidation sites excluding steroid dienone is 1. The highest BCUT2D eigenvalue weighted by atomic mass is 16.1. The number of amides is 1. The second kappa shape index (κ2) is 6.71. The van der Waals surface area contributed by atoms with Gasteiger partial charge in [-0.15, -0.1) is 6.58 Å². The Bertz CT molecular complexity index is 891. The van der Waals surface area contributed by atoms with Crippen molar-refractivity contribution in [1.82, 2.24) is 14.9 Å². The molecule has 2 aromatic carbocycles. The highest BCUT2D eigenvalue weighted by molar-refractivity contribution is 5.97. The molecule has 3 rings (SSSR count). The van der Waals surface area contributed by atoms with Crippen LogP contribution in [0.25, 0.3) is 16.7 Å². The van der Waals surface area contributed by atoms with Crippen LogP contribution in [-0.4, -0.2) is 22.5 Å². The Kier molecular flexibility index (Phi) is 4.47. The third kappa shape index (κ3) is 3.23. The first-order valence-electron chi connectivity index (χ1n) is 8.01. The first kappa shape index (κ1) is 16.0. The number of aryl methyl sites for hydroxylation is 1. The molecule has 4 heteroatoms. The number of imidazole rings is 1. The van der Waals surface area contributed by atoms with E-state index in [1.165, 1.54) is 11.1 Å². The summed E-state index contributed by atoms with van der Waals surface area (Å²) < 4.78 is 2.03. The molecule has 122 valence electrons. The maximum Gasteiger partial charge on any atom is 0.251 e. The van der Waals surface area contributed by atoms with E-state index in [1.807, 2.05) is 22.8 Å². The van der Waals surface area contributed by atoms with Gasteiger partial charge in [0.25, 0.3) is 5.91 Å². The number of hydrogen-bond donors (Lipinski definition) is 1. The average Bonchev–Trinajstić information content (AvgIpc) is 3.02. The van der Waals surface area contributed by atoms with E-state index in [0.29, 0.717) is 5.56 Å². The number of hydrogen-bond acceptors (Lipinski definition) is 2. The molecule has 1 aromatic heterocycles. The first-order chi connectivity index (χ1) is 11.6. The Hall–Kier alpha value is -2.88. The largest absolute Gasteiger partial charge is 0.355 e. The number of nitrogens with one attached hydrogen (secondary N) is 1. The van der Waals surface area contributed by atoms with Crippen molar-refractivity contribution >= 4 is 16.9 Å². The third-order valence-electron chi connectivity index (χ3n) is 4.09. The molecule has 0 saturated carbocycles. The minimum absolute atomic E-state index is 0.103. The van der Waals surface area contributed by atoms with Crippen molar-refractivity contribution in [3.05, 3.63) is 72.1 Å². The number of fused-ring (bicyclic) bond motifs is 1. The van der Waals surface area contributed by atoms with Crippen molar-refractivity contribution in [3.8, 4) is 5.69 Å². The second-order valence-electron chi connectivity index (χ2n) is 6.02. The molecule has 4 nitrogen and oxygen atoms in total. The normalized spacial score (nSPS) is 10.8. The first-order valence-corrected chi connectivity index (χ1v) is 8.01. The number of rotatable bonds is 5. The van der Waals surface area contributed by atoms with E-state index in [-0.39, 0.29) is 5.91 Å². The van der Waals surface area contributed by atoms with Crippen LogP contribution in [0.15, 0.2) is 60.9 Å². The zero-order valence-corrected chi connectivity index (χ0v) is 14.0. The Labute approximate surface area is 141 Å². The molecule has 1 N–H and O–H groups in total. The Morgan fingerprint density at radius 2 is 1.96 bits per heavy atom. The quantitative estimate of drug-likeness (QED) is 0.725. The molecule has 1 amide bonds. The van der Waals surface area contributed by atoms with Gasteiger partial charge in [-0.3, -0.25) is 9.36 Å². The predicted molar refractivity (Wildman–Crippen MR) is 97.6 cm³/mol. The monoisotopic (exact) mass is 319 g/mol. The molecule has 0 radical (unpaired) electrons. The minimum atomic E-state index is -0.103. The third-order valence-corrected chi connectivity index (χ3v) is 4.09. The molecule has 0 aliphatic rings. The lowest BCUT2D eigenvalue weighted by Gasteiger charge is -2.07. The van der Waals surface area contributed by atoms with Crippen LogP contribution < -0.4 is 5.32 Å². The summed E-state index contributed by atoms with van der Waals surface area (Å²) in [5, 5.41) is 2.63. The summed E-state index contributed by atoms with van der Waals surface area (Å²) in [6, 6.07) is 14.0. The summed E-state index contributed by atoms with van der Waals surface area (Å²) in [7, 11) is 1.63. The van der Waals surface area contributed by atoms with Crippen LogP contribution >= 0.6 is 0 Å². The van der Waals surface area contributed by atoms with Gasteiger partial charge in [0.2, 0.25) is 0 Å². The van der Waals surface area contributed by atoms with Crippen molar-refractivity contribution in [2.75, 3.05) is 7.05 Å². The van der Waals surface area contributed by atoms with E-state index in [0.717, 1.165) is 29.6 Å². The van der Waals surface area contributed by atoms with Gasteiger partial charge in [0.05, 0.1) is 11.0 Å². The highest BCUT2D eigenvalue weighted by Gasteiger charge is 2.09. The Morgan fingerprint density at radius 3 is 2.62 bits per heavy atom. The van der Waals surface area contributed by atoms with Crippen molar-refractivity contribution < 1.29 is 4.79 Å². The molecule has 0 bridgehead atoms. The van der Waals surface area contributed by atoms with Gasteiger partial charge in [0.1, 0.15) is 6.33 Å². The summed E-state index contributed by atoms with van der Waals surface area (Å²) in [5.74, 6) is -0.103. The van der Waals surface area contributed by atoms with Gasteiger partial charge in [-0.05, 0) is 55.7 Å². The van der Waals surface area contributed by atoms with Crippen LogP contribution in [0.1, 0.15) is 29.3 Å². The van der Waals surface area contributed by atoms with Gasteiger partial charge >= 0.3 is 0 Å². The average molecular weight is 319 g/mol. The molecule has 0 aliphatic carbocycles. The van der Waals surface area contributed by atoms with Crippen LogP contribution in [0.4, 0.5) is 0 Å². The van der Waals surface area contributed by atoms with Crippen LogP contribution in [0.3, 0.4) is 0 Å². The zero-order valence-electron chi connectivity index (χ0n) is 14.0. The predicted octanol–water partition coefficient (Wildman–Crippen LogP) is 3.89. The summed E-state index contributed by atoms with van der Waals surface area (Å²) >= 11 is 0. The topological polar surface area (TPSA) is 46.9 Å². The van der Waals surface area contributed by atoms with Crippen molar-refractivity contribution in [2.24, 2.45) is 0 Å². The van der Waals surface area contributed by atoms with Gasteiger partial charge in [-0.2, -0.15) is 0 Å². The van der Waals surface area contributed by atoms with E-state index in [2.05, 4.69) is 48.1 Å². The highest BCUT2D eigenvalue weighted by Crippen LogP contribution is 2.20. The fourth-order valence-corrected chi connectivity index (χ4v) is 2.68. The van der Waals surface area contributed by atoms with E-state index in [1.54, 1.807) is 13.4 Å². The van der Waals surface area contributed by atoms with Crippen LogP contribution in [0.5, 0.6) is 0 Å². The molecule has 0 fully saturated rings. The second-order valence-corrected chi connectivity index (χ2v) is 6.02. The maximum atomic E-state index is 11.7. The lowest BCUT2D eigenvalue weighted by Crippen LogP contribution is -2.17. The van der Waals surface area contributed by atoms with Gasteiger partial charge in [0, 0.05) is 18.3 Å². The molecule has 3 aromatic rings. The maximum absolute atomic E-state index is 11.7. The van der Waals surface area contributed by atoms with E-state index in [4.69, 9.17) is 0 Å². The number of nitrogens with zero attached hydrogens (tertiary/aromatic N) is 2. The van der Waals surface area contributed by atoms with Gasteiger partial charge in [-0.25, -0.2) is 4.98 Å². The standard InChI is InChI=1S/C20H21N3O/c1-14(2)4-5-15-6-9-17(10-7-15)23-13-22-18-12-16(20(24)21-3)8-11-19(18)23/h6-13H,1,4-5H2,2-3H3,(H,21,24). The number of benzene rings is 2. The number of aromatic nitrogens is 2.